The van der Waals surface area contributed by atoms with Crippen LogP contribution in [0.25, 0.3) is 0 Å². The molecule has 0 bridgehead atoms. The first-order valence-corrected chi connectivity index (χ1v) is 9.05. The van der Waals surface area contributed by atoms with Crippen molar-refractivity contribution in [1.29, 1.82) is 0 Å². The van der Waals surface area contributed by atoms with Crippen LogP contribution < -0.4 is 0 Å². The van der Waals surface area contributed by atoms with Gasteiger partial charge in [0.25, 0.3) is 0 Å². The number of ketones is 1. The van der Waals surface area contributed by atoms with E-state index in [1.165, 1.54) is 11.1 Å². The molecule has 4 rings (SSSR count). The molecule has 3 unspecified atom stereocenters. The quantitative estimate of drug-likeness (QED) is 0.799. The number of rotatable bonds is 1. The maximum absolute atomic E-state index is 14.2. The second kappa shape index (κ2) is 5.20. The molecule has 2 fully saturated rings. The Kier molecular flexibility index (Phi) is 3.49. The van der Waals surface area contributed by atoms with Gasteiger partial charge in [0.15, 0.2) is 12.0 Å². The number of carbonyl (C=O) groups is 1. The number of aryl methyl sites for hydroxylation is 1. The van der Waals surface area contributed by atoms with Crippen LogP contribution in [-0.4, -0.2) is 17.1 Å². The number of halogens is 2. The molecule has 5 atom stereocenters. The normalized spacial score (nSPS) is 38.8. The van der Waals surface area contributed by atoms with E-state index in [2.05, 4.69) is 0 Å². The fourth-order valence-electron chi connectivity index (χ4n) is 5.76. The SMILES string of the molecule is CC[C@]12CCC3c4cc(Cl)c(O)cc4CCC3C1C[C@@H](F)C2=O. The number of hydrogen-bond acceptors (Lipinski definition) is 2. The van der Waals surface area contributed by atoms with E-state index in [0.717, 1.165) is 32.1 Å². The Bertz CT molecular complexity index is 674. The first kappa shape index (κ1) is 15.4. The van der Waals surface area contributed by atoms with Crippen molar-refractivity contribution in [3.63, 3.8) is 0 Å². The van der Waals surface area contributed by atoms with Gasteiger partial charge in [-0.2, -0.15) is 0 Å². The molecule has 0 heterocycles. The number of Topliss-reactive ketones (excluding diaryl/α,β-unsaturated/α-hetero) is 1. The van der Waals surface area contributed by atoms with Crippen molar-refractivity contribution in [2.24, 2.45) is 17.3 Å². The van der Waals surface area contributed by atoms with Gasteiger partial charge in [0.05, 0.1) is 5.02 Å². The van der Waals surface area contributed by atoms with Crippen molar-refractivity contribution in [2.75, 3.05) is 0 Å². The molecule has 1 N–H and O–H groups in total. The molecule has 0 aliphatic heterocycles. The molecule has 0 spiro atoms. The zero-order valence-electron chi connectivity index (χ0n) is 13.3. The van der Waals surface area contributed by atoms with Crippen molar-refractivity contribution in [2.45, 2.75) is 57.5 Å². The van der Waals surface area contributed by atoms with Crippen molar-refractivity contribution in [3.8, 4) is 5.75 Å². The summed E-state index contributed by atoms with van der Waals surface area (Å²) in [5.74, 6) is 0.871. The molecule has 2 nitrogen and oxygen atoms in total. The van der Waals surface area contributed by atoms with E-state index >= 15 is 0 Å². The van der Waals surface area contributed by atoms with Gasteiger partial charge in [-0.3, -0.25) is 4.79 Å². The number of phenolic OH excluding ortho intramolecular Hbond substituents is 1. The number of aromatic hydroxyl groups is 1. The number of fused-ring (bicyclic) bond motifs is 5. The third-order valence-electron chi connectivity index (χ3n) is 6.87. The van der Waals surface area contributed by atoms with Gasteiger partial charge in [-0.15, -0.1) is 0 Å². The van der Waals surface area contributed by atoms with E-state index in [1.54, 1.807) is 6.07 Å². The van der Waals surface area contributed by atoms with E-state index in [9.17, 15) is 14.3 Å². The number of benzene rings is 1. The Balaban J connectivity index is 1.75. The molecule has 3 aliphatic rings. The molecule has 4 heteroatoms. The van der Waals surface area contributed by atoms with Gasteiger partial charge in [-0.25, -0.2) is 4.39 Å². The Morgan fingerprint density at radius 1 is 1.39 bits per heavy atom. The summed E-state index contributed by atoms with van der Waals surface area (Å²) in [6.07, 6.45) is 3.43. The van der Waals surface area contributed by atoms with E-state index in [1.807, 2.05) is 13.0 Å². The molecule has 0 radical (unpaired) electrons. The molecule has 0 aromatic heterocycles. The van der Waals surface area contributed by atoms with Crippen LogP contribution in [0.1, 0.15) is 56.1 Å². The Labute approximate surface area is 141 Å². The minimum Gasteiger partial charge on any atom is -0.506 e. The number of alkyl halides is 1. The van der Waals surface area contributed by atoms with E-state index in [0.29, 0.717) is 23.3 Å². The largest absolute Gasteiger partial charge is 0.506 e. The summed E-state index contributed by atoms with van der Waals surface area (Å²) in [5.41, 5.74) is 1.94. The second-order valence-corrected chi connectivity index (χ2v) is 7.94. The third kappa shape index (κ3) is 2.02. The fourth-order valence-corrected chi connectivity index (χ4v) is 5.93. The lowest BCUT2D eigenvalue weighted by molar-refractivity contribution is -0.134. The molecule has 124 valence electrons. The Morgan fingerprint density at radius 3 is 2.91 bits per heavy atom. The molecule has 0 saturated heterocycles. The van der Waals surface area contributed by atoms with Crippen LogP contribution >= 0.6 is 11.6 Å². The van der Waals surface area contributed by atoms with Crippen LogP contribution in [-0.2, 0) is 11.2 Å². The summed E-state index contributed by atoms with van der Waals surface area (Å²) < 4.78 is 14.2. The van der Waals surface area contributed by atoms with Crippen molar-refractivity contribution < 1.29 is 14.3 Å². The zero-order chi connectivity index (χ0) is 16.4. The summed E-state index contributed by atoms with van der Waals surface area (Å²) in [5, 5.41) is 10.2. The predicted molar refractivity (Wildman–Crippen MR) is 87.6 cm³/mol. The van der Waals surface area contributed by atoms with Crippen molar-refractivity contribution in [1.82, 2.24) is 0 Å². The molecule has 3 aliphatic carbocycles. The van der Waals surface area contributed by atoms with Crippen LogP contribution in [0.3, 0.4) is 0 Å². The zero-order valence-corrected chi connectivity index (χ0v) is 14.1. The molecular weight excluding hydrogens is 315 g/mol. The Hall–Kier alpha value is -1.09. The van der Waals surface area contributed by atoms with E-state index < -0.39 is 11.6 Å². The lowest BCUT2D eigenvalue weighted by Crippen LogP contribution is -2.44. The van der Waals surface area contributed by atoms with Gasteiger partial charge in [0.1, 0.15) is 5.75 Å². The van der Waals surface area contributed by atoms with Crippen molar-refractivity contribution >= 4 is 17.4 Å². The summed E-state index contributed by atoms with van der Waals surface area (Å²) in [7, 11) is 0. The molecule has 1 aromatic carbocycles. The third-order valence-corrected chi connectivity index (χ3v) is 7.17. The minimum atomic E-state index is -1.27. The van der Waals surface area contributed by atoms with Crippen molar-refractivity contribution in [3.05, 3.63) is 28.3 Å². The summed E-state index contributed by atoms with van der Waals surface area (Å²) in [6.45, 7) is 2.04. The highest BCUT2D eigenvalue weighted by atomic mass is 35.5. The topological polar surface area (TPSA) is 37.3 Å². The second-order valence-electron chi connectivity index (χ2n) is 7.53. The lowest BCUT2D eigenvalue weighted by Gasteiger charge is -2.49. The van der Waals surface area contributed by atoms with Gasteiger partial charge in [-0.05, 0) is 79.5 Å². The predicted octanol–water partition coefficient (Wildman–Crippen LogP) is 4.81. The van der Waals surface area contributed by atoms with Gasteiger partial charge < -0.3 is 5.11 Å². The van der Waals surface area contributed by atoms with Crippen LogP contribution in [0, 0.1) is 17.3 Å². The monoisotopic (exact) mass is 336 g/mol. The highest BCUT2D eigenvalue weighted by Crippen LogP contribution is 2.61. The number of carbonyl (C=O) groups excluding carboxylic acids is 1. The first-order chi connectivity index (χ1) is 11.0. The molecule has 2 saturated carbocycles. The average molecular weight is 337 g/mol. The van der Waals surface area contributed by atoms with Gasteiger partial charge in [-0.1, -0.05) is 18.5 Å². The van der Waals surface area contributed by atoms with E-state index in [4.69, 9.17) is 11.6 Å². The number of hydrogen-bond donors (Lipinski definition) is 1. The van der Waals surface area contributed by atoms with Crippen LogP contribution in [0.4, 0.5) is 4.39 Å². The maximum atomic E-state index is 14.2. The first-order valence-electron chi connectivity index (χ1n) is 8.67. The smallest absolute Gasteiger partial charge is 0.173 e. The summed E-state index contributed by atoms with van der Waals surface area (Å²) >= 11 is 6.12. The Morgan fingerprint density at radius 2 is 2.17 bits per heavy atom. The lowest BCUT2D eigenvalue weighted by atomic mass is 9.54. The van der Waals surface area contributed by atoms with Crippen LogP contribution in [0.2, 0.25) is 5.02 Å². The highest BCUT2D eigenvalue weighted by molar-refractivity contribution is 6.32. The molecular formula is C19H22ClFO2. The minimum absolute atomic E-state index is 0.141. The highest BCUT2D eigenvalue weighted by Gasteiger charge is 2.59. The van der Waals surface area contributed by atoms with Crippen LogP contribution in [0.5, 0.6) is 5.75 Å². The average Bonchev–Trinajstić information content (AvgIpc) is 2.80. The summed E-state index contributed by atoms with van der Waals surface area (Å²) in [4.78, 5) is 12.5. The number of phenols is 1. The summed E-state index contributed by atoms with van der Waals surface area (Å²) in [6, 6.07) is 3.68. The molecule has 1 aromatic rings. The molecule has 0 amide bonds. The maximum Gasteiger partial charge on any atom is 0.173 e. The van der Waals surface area contributed by atoms with Gasteiger partial charge >= 0.3 is 0 Å². The molecule has 23 heavy (non-hydrogen) atoms. The van der Waals surface area contributed by atoms with Gasteiger partial charge in [0.2, 0.25) is 0 Å². The van der Waals surface area contributed by atoms with Gasteiger partial charge in [0, 0.05) is 5.41 Å². The van der Waals surface area contributed by atoms with Crippen LogP contribution in [0.15, 0.2) is 12.1 Å². The van der Waals surface area contributed by atoms with E-state index in [-0.39, 0.29) is 17.5 Å². The fraction of sp³-hybridized carbons (Fsp3) is 0.632. The standard InChI is InChI=1S/C19H22ClFO2/c1-2-19-6-5-11-12(14(19)9-16(21)18(19)23)4-3-10-7-17(22)15(20)8-13(10)11/h7-8,11-12,14,16,22H,2-6,9H2,1H3/t11?,12?,14?,16-,19+/m1/s1.